The number of benzene rings is 1. The van der Waals surface area contributed by atoms with Crippen LogP contribution in [0.25, 0.3) is 17.3 Å². The fraction of sp³-hybridized carbons (Fsp3) is 0.0714. The molecular formula is C14H12FNO. The Morgan fingerprint density at radius 1 is 1.12 bits per heavy atom. The number of aliphatic hydroxyl groups excluding tert-OH is 1. The Kier molecular flexibility index (Phi) is 3.62. The first-order valence-corrected chi connectivity index (χ1v) is 5.29. The molecular weight excluding hydrogens is 217 g/mol. The van der Waals surface area contributed by atoms with Crippen molar-refractivity contribution in [2.24, 2.45) is 0 Å². The Morgan fingerprint density at radius 2 is 1.88 bits per heavy atom. The largest absolute Gasteiger partial charge is 0.392 e. The molecule has 1 aromatic heterocycles. The maximum absolute atomic E-state index is 12.8. The molecule has 1 aromatic carbocycles. The zero-order valence-electron chi connectivity index (χ0n) is 9.18. The molecule has 0 unspecified atom stereocenters. The lowest BCUT2D eigenvalue weighted by Gasteiger charge is -2.01. The van der Waals surface area contributed by atoms with Gasteiger partial charge in [-0.2, -0.15) is 0 Å². The van der Waals surface area contributed by atoms with Crippen LogP contribution in [0.2, 0.25) is 0 Å². The number of hydrogen-bond acceptors (Lipinski definition) is 2. The van der Waals surface area contributed by atoms with Gasteiger partial charge in [0.2, 0.25) is 0 Å². The summed E-state index contributed by atoms with van der Waals surface area (Å²) in [5.41, 5.74) is 2.60. The van der Waals surface area contributed by atoms with Crippen LogP contribution < -0.4 is 0 Å². The molecule has 1 heterocycles. The Labute approximate surface area is 99.1 Å². The second-order valence-electron chi connectivity index (χ2n) is 3.57. The molecule has 3 heteroatoms. The summed E-state index contributed by atoms with van der Waals surface area (Å²) in [6.45, 7) is 0.0136. The summed E-state index contributed by atoms with van der Waals surface area (Å²) in [5, 5.41) is 8.64. The molecule has 0 bridgehead atoms. The van der Waals surface area contributed by atoms with Gasteiger partial charge in [-0.3, -0.25) is 4.98 Å². The van der Waals surface area contributed by atoms with Gasteiger partial charge in [0, 0.05) is 11.8 Å². The van der Waals surface area contributed by atoms with Gasteiger partial charge in [0.05, 0.1) is 12.3 Å². The monoisotopic (exact) mass is 229 g/mol. The predicted molar refractivity (Wildman–Crippen MR) is 65.8 cm³/mol. The number of halogens is 1. The number of nitrogens with zero attached hydrogens (tertiary/aromatic N) is 1. The van der Waals surface area contributed by atoms with Crippen LogP contribution in [-0.4, -0.2) is 16.7 Å². The Morgan fingerprint density at radius 3 is 2.47 bits per heavy atom. The molecule has 0 aliphatic carbocycles. The average molecular weight is 229 g/mol. The number of rotatable bonds is 3. The second kappa shape index (κ2) is 5.37. The van der Waals surface area contributed by atoms with Crippen LogP contribution in [-0.2, 0) is 0 Å². The van der Waals surface area contributed by atoms with Crippen LogP contribution in [0.1, 0.15) is 5.56 Å². The van der Waals surface area contributed by atoms with E-state index in [0.29, 0.717) is 0 Å². The number of aliphatic hydroxyl groups is 1. The molecule has 1 N–H and O–H groups in total. The minimum Gasteiger partial charge on any atom is -0.392 e. The minimum atomic E-state index is -0.253. The van der Waals surface area contributed by atoms with Gasteiger partial charge in [0.15, 0.2) is 0 Å². The van der Waals surface area contributed by atoms with Crippen molar-refractivity contribution in [1.29, 1.82) is 0 Å². The molecule has 86 valence electrons. The lowest BCUT2D eigenvalue weighted by molar-refractivity contribution is 0.343. The molecule has 2 rings (SSSR count). The van der Waals surface area contributed by atoms with Crippen molar-refractivity contribution < 1.29 is 9.50 Å². The Balaban J connectivity index is 2.23. The van der Waals surface area contributed by atoms with Gasteiger partial charge in [0.1, 0.15) is 5.82 Å². The molecule has 0 spiro atoms. The van der Waals surface area contributed by atoms with Crippen molar-refractivity contribution in [3.8, 4) is 11.3 Å². The summed E-state index contributed by atoms with van der Waals surface area (Å²) in [5.74, 6) is -0.253. The fourth-order valence-corrected chi connectivity index (χ4v) is 1.48. The Hall–Kier alpha value is -2.00. The van der Waals surface area contributed by atoms with E-state index >= 15 is 0 Å². The topological polar surface area (TPSA) is 33.1 Å². The molecule has 0 saturated heterocycles. The van der Waals surface area contributed by atoms with E-state index in [1.54, 1.807) is 30.5 Å². The highest BCUT2D eigenvalue weighted by Crippen LogP contribution is 2.17. The smallest absolute Gasteiger partial charge is 0.123 e. The van der Waals surface area contributed by atoms with Crippen molar-refractivity contribution in [3.63, 3.8) is 0 Å². The maximum atomic E-state index is 12.8. The van der Waals surface area contributed by atoms with Crippen LogP contribution >= 0.6 is 0 Å². The van der Waals surface area contributed by atoms with Gasteiger partial charge < -0.3 is 5.11 Å². The maximum Gasteiger partial charge on any atom is 0.123 e. The van der Waals surface area contributed by atoms with Gasteiger partial charge in [-0.25, -0.2) is 4.39 Å². The third-order valence-electron chi connectivity index (χ3n) is 2.34. The third kappa shape index (κ3) is 2.98. The van der Waals surface area contributed by atoms with Crippen molar-refractivity contribution in [1.82, 2.24) is 4.98 Å². The number of aromatic nitrogens is 1. The third-order valence-corrected chi connectivity index (χ3v) is 2.34. The van der Waals surface area contributed by atoms with E-state index in [1.807, 2.05) is 12.1 Å². The van der Waals surface area contributed by atoms with Crippen molar-refractivity contribution >= 4 is 6.08 Å². The number of hydrogen-bond donors (Lipinski definition) is 1. The molecule has 0 atom stereocenters. The summed E-state index contributed by atoms with van der Waals surface area (Å²) in [4.78, 5) is 4.28. The molecule has 0 radical (unpaired) electrons. The average Bonchev–Trinajstić information content (AvgIpc) is 2.38. The van der Waals surface area contributed by atoms with E-state index in [1.165, 1.54) is 12.1 Å². The molecule has 0 saturated carbocycles. The van der Waals surface area contributed by atoms with Gasteiger partial charge in [0.25, 0.3) is 0 Å². The minimum absolute atomic E-state index is 0.0136. The van der Waals surface area contributed by atoms with Crippen LogP contribution in [0.15, 0.2) is 48.7 Å². The van der Waals surface area contributed by atoms with Crippen molar-refractivity contribution in [3.05, 3.63) is 60.1 Å². The van der Waals surface area contributed by atoms with Crippen LogP contribution in [0, 0.1) is 5.82 Å². The van der Waals surface area contributed by atoms with Gasteiger partial charge >= 0.3 is 0 Å². The first-order valence-electron chi connectivity index (χ1n) is 5.29. The zero-order chi connectivity index (χ0) is 12.1. The standard InChI is InChI=1S/C14H12FNO/c15-13-6-4-12(5-7-13)14-8-3-11(10-16-14)2-1-9-17/h1-8,10,17H,9H2/b2-1+. The molecule has 17 heavy (non-hydrogen) atoms. The molecule has 2 aromatic rings. The highest BCUT2D eigenvalue weighted by atomic mass is 19.1. The predicted octanol–water partition coefficient (Wildman–Crippen LogP) is 2.89. The highest BCUT2D eigenvalue weighted by Gasteiger charge is 1.98. The summed E-state index contributed by atoms with van der Waals surface area (Å²) < 4.78 is 12.8. The number of pyridine rings is 1. The first-order chi connectivity index (χ1) is 8.29. The first kappa shape index (κ1) is 11.5. The normalized spacial score (nSPS) is 10.9. The van der Waals surface area contributed by atoms with E-state index in [-0.39, 0.29) is 12.4 Å². The Bertz CT molecular complexity index is 503. The van der Waals surface area contributed by atoms with E-state index in [0.717, 1.165) is 16.8 Å². The molecule has 0 amide bonds. The van der Waals surface area contributed by atoms with Gasteiger partial charge in [-0.15, -0.1) is 0 Å². The lowest BCUT2D eigenvalue weighted by atomic mass is 10.1. The summed E-state index contributed by atoms with van der Waals surface area (Å²) in [6.07, 6.45) is 5.15. The lowest BCUT2D eigenvalue weighted by Crippen LogP contribution is -1.84. The summed E-state index contributed by atoms with van der Waals surface area (Å²) in [7, 11) is 0. The SMILES string of the molecule is OC/C=C/c1ccc(-c2ccc(F)cc2)nc1. The van der Waals surface area contributed by atoms with Crippen molar-refractivity contribution in [2.75, 3.05) is 6.61 Å². The zero-order valence-corrected chi connectivity index (χ0v) is 9.18. The molecule has 0 fully saturated rings. The van der Waals surface area contributed by atoms with E-state index in [9.17, 15) is 4.39 Å². The fourth-order valence-electron chi connectivity index (χ4n) is 1.48. The highest BCUT2D eigenvalue weighted by molar-refractivity contribution is 5.60. The van der Waals surface area contributed by atoms with Gasteiger partial charge in [-0.1, -0.05) is 18.2 Å². The second-order valence-corrected chi connectivity index (χ2v) is 3.57. The van der Waals surface area contributed by atoms with E-state index < -0.39 is 0 Å². The molecule has 0 aliphatic rings. The van der Waals surface area contributed by atoms with Crippen LogP contribution in [0.3, 0.4) is 0 Å². The van der Waals surface area contributed by atoms with Gasteiger partial charge in [-0.05, 0) is 35.9 Å². The quantitative estimate of drug-likeness (QED) is 0.877. The summed E-state index contributed by atoms with van der Waals surface area (Å²) >= 11 is 0. The van der Waals surface area contributed by atoms with E-state index in [2.05, 4.69) is 4.98 Å². The van der Waals surface area contributed by atoms with E-state index in [4.69, 9.17) is 5.11 Å². The summed E-state index contributed by atoms with van der Waals surface area (Å²) in [6, 6.07) is 9.98. The van der Waals surface area contributed by atoms with Crippen LogP contribution in [0.5, 0.6) is 0 Å². The van der Waals surface area contributed by atoms with Crippen molar-refractivity contribution in [2.45, 2.75) is 0 Å². The van der Waals surface area contributed by atoms with Crippen LogP contribution in [0.4, 0.5) is 4.39 Å². The molecule has 2 nitrogen and oxygen atoms in total. The molecule has 0 aliphatic heterocycles.